The summed E-state index contributed by atoms with van der Waals surface area (Å²) < 4.78 is 1.01. The van der Waals surface area contributed by atoms with Crippen LogP contribution in [-0.2, 0) is 16.1 Å². The highest BCUT2D eigenvalue weighted by atomic mass is 79.9. The lowest BCUT2D eigenvalue weighted by Crippen LogP contribution is -2.68. The smallest absolute Gasteiger partial charge is 0.248 e. The fraction of sp³-hybridized carbons (Fsp3) is 0.571. The van der Waals surface area contributed by atoms with Crippen LogP contribution < -0.4 is 5.32 Å². The van der Waals surface area contributed by atoms with Gasteiger partial charge in [0.05, 0.1) is 6.54 Å². The predicted molar refractivity (Wildman–Crippen MR) is 81.3 cm³/mol. The Morgan fingerprint density at radius 1 is 1.45 bits per heavy atom. The van der Waals surface area contributed by atoms with Crippen molar-refractivity contribution in [1.29, 1.82) is 0 Å². The van der Waals surface area contributed by atoms with Gasteiger partial charge in [-0.2, -0.15) is 0 Å². The largest absolute Gasteiger partial charge is 0.340 e. The molecule has 6 heteroatoms. The Morgan fingerprint density at radius 2 is 2.15 bits per heavy atom. The quantitative estimate of drug-likeness (QED) is 0.904. The minimum absolute atomic E-state index is 0.00861. The Kier molecular flexibility index (Phi) is 3.41. The Hall–Kier alpha value is -0.880. The monoisotopic (exact) mass is 356 g/mol. The van der Waals surface area contributed by atoms with E-state index in [9.17, 15) is 9.59 Å². The molecule has 3 rings (SSSR count). The van der Waals surface area contributed by atoms with Gasteiger partial charge in [0, 0.05) is 9.35 Å². The van der Waals surface area contributed by atoms with Gasteiger partial charge >= 0.3 is 0 Å². The third kappa shape index (κ3) is 2.39. The maximum absolute atomic E-state index is 12.7. The van der Waals surface area contributed by atoms with Crippen molar-refractivity contribution in [3.05, 3.63) is 20.8 Å². The van der Waals surface area contributed by atoms with E-state index in [1.165, 1.54) is 0 Å². The second-order valence-electron chi connectivity index (χ2n) is 6.02. The molecule has 0 radical (unpaired) electrons. The van der Waals surface area contributed by atoms with Crippen LogP contribution >= 0.6 is 27.3 Å². The van der Waals surface area contributed by atoms with Crippen LogP contribution in [0.4, 0.5) is 0 Å². The number of hydrogen-bond acceptors (Lipinski definition) is 3. The molecule has 4 nitrogen and oxygen atoms in total. The van der Waals surface area contributed by atoms with Crippen molar-refractivity contribution in [2.45, 2.75) is 44.8 Å². The first-order valence-electron chi connectivity index (χ1n) is 6.75. The van der Waals surface area contributed by atoms with Gasteiger partial charge in [0.15, 0.2) is 0 Å². The van der Waals surface area contributed by atoms with Crippen LogP contribution in [0.3, 0.4) is 0 Å². The number of hydrogen-bond donors (Lipinski definition) is 1. The molecule has 1 aromatic heterocycles. The number of rotatable bonds is 3. The molecular formula is C14H17BrN2O2S. The molecule has 1 N–H and O–H groups in total. The maximum atomic E-state index is 12.7. The maximum Gasteiger partial charge on any atom is 0.248 e. The van der Waals surface area contributed by atoms with Gasteiger partial charge in [-0.15, -0.1) is 11.3 Å². The van der Waals surface area contributed by atoms with Gasteiger partial charge in [-0.1, -0.05) is 0 Å². The molecule has 1 atom stereocenters. The lowest BCUT2D eigenvalue weighted by Gasteiger charge is -2.43. The van der Waals surface area contributed by atoms with Crippen LogP contribution in [-0.4, -0.2) is 28.3 Å². The van der Waals surface area contributed by atoms with E-state index in [1.807, 2.05) is 11.4 Å². The summed E-state index contributed by atoms with van der Waals surface area (Å²) in [4.78, 5) is 27.9. The molecule has 2 aliphatic rings. The van der Waals surface area contributed by atoms with Crippen LogP contribution in [0.2, 0.25) is 0 Å². The molecule has 2 heterocycles. The molecule has 1 aromatic rings. The lowest BCUT2D eigenvalue weighted by molar-refractivity contribution is -0.155. The van der Waals surface area contributed by atoms with E-state index in [4.69, 9.17) is 0 Å². The molecule has 1 saturated heterocycles. The highest BCUT2D eigenvalue weighted by Gasteiger charge is 2.50. The fourth-order valence-corrected chi connectivity index (χ4v) is 4.18. The summed E-state index contributed by atoms with van der Waals surface area (Å²) in [6, 6.07) is 1.68. The number of nitrogens with one attached hydrogen (secondary N) is 1. The molecular weight excluding hydrogens is 340 g/mol. The fourth-order valence-electron chi connectivity index (χ4n) is 2.71. The molecule has 20 heavy (non-hydrogen) atoms. The van der Waals surface area contributed by atoms with Crippen LogP contribution in [0, 0.1) is 5.92 Å². The highest BCUT2D eigenvalue weighted by molar-refractivity contribution is 9.10. The number of nitrogens with zero attached hydrogens (tertiary/aromatic N) is 1. The van der Waals surface area contributed by atoms with E-state index in [2.05, 4.69) is 21.2 Å². The Labute approximate surface area is 130 Å². The minimum Gasteiger partial charge on any atom is -0.340 e. The molecule has 1 unspecified atom stereocenters. The summed E-state index contributed by atoms with van der Waals surface area (Å²) in [6.07, 6.45) is 2.07. The first kappa shape index (κ1) is 14.1. The molecule has 1 aliphatic heterocycles. The predicted octanol–water partition coefficient (Wildman–Crippen LogP) is 2.53. The van der Waals surface area contributed by atoms with Gasteiger partial charge in [0.2, 0.25) is 11.8 Å². The van der Waals surface area contributed by atoms with Crippen molar-refractivity contribution in [2.24, 2.45) is 5.92 Å². The molecule has 0 spiro atoms. The normalized spacial score (nSPS) is 25.8. The van der Waals surface area contributed by atoms with Gasteiger partial charge in [-0.25, -0.2) is 0 Å². The Morgan fingerprint density at radius 3 is 2.70 bits per heavy atom. The van der Waals surface area contributed by atoms with Crippen LogP contribution in [0.15, 0.2) is 15.9 Å². The Balaban J connectivity index is 1.91. The number of amides is 2. The molecule has 0 bridgehead atoms. The standard InChI is InChI=1S/C14H17BrN2O2S/c1-14(2)13(19)17(7-10-9(15)5-6-20-10)11(8-3-4-8)12(18)16-14/h5-6,8,11H,3-4,7H2,1-2H3,(H,16,18). The van der Waals surface area contributed by atoms with Crippen LogP contribution in [0.5, 0.6) is 0 Å². The number of halogens is 1. The molecule has 108 valence electrons. The summed E-state index contributed by atoms with van der Waals surface area (Å²) in [5.74, 6) is 0.327. The van der Waals surface area contributed by atoms with Crippen LogP contribution in [0.25, 0.3) is 0 Å². The SMILES string of the molecule is CC1(C)NC(=O)C(C2CC2)N(Cc2sccc2Br)C1=O. The van der Waals surface area contributed by atoms with Gasteiger partial charge in [0.1, 0.15) is 11.6 Å². The zero-order chi connectivity index (χ0) is 14.5. The van der Waals surface area contributed by atoms with Gasteiger partial charge in [-0.3, -0.25) is 9.59 Å². The van der Waals surface area contributed by atoms with Crippen molar-refractivity contribution in [1.82, 2.24) is 10.2 Å². The molecule has 1 aliphatic carbocycles. The van der Waals surface area contributed by atoms with Crippen molar-refractivity contribution in [2.75, 3.05) is 0 Å². The lowest BCUT2D eigenvalue weighted by atomic mass is 9.94. The molecule has 2 amide bonds. The van der Waals surface area contributed by atoms with Crippen LogP contribution in [0.1, 0.15) is 31.6 Å². The van der Waals surface area contributed by atoms with E-state index in [0.29, 0.717) is 12.5 Å². The zero-order valence-corrected chi connectivity index (χ0v) is 13.9. The minimum atomic E-state index is -0.813. The average molecular weight is 357 g/mol. The molecule has 2 fully saturated rings. The summed E-state index contributed by atoms with van der Waals surface area (Å²) in [6.45, 7) is 4.05. The van der Waals surface area contributed by atoms with Gasteiger partial charge in [-0.05, 0) is 60.0 Å². The first-order valence-corrected chi connectivity index (χ1v) is 8.42. The molecule has 0 aromatic carbocycles. The van der Waals surface area contributed by atoms with Crippen molar-refractivity contribution >= 4 is 39.1 Å². The van der Waals surface area contributed by atoms with Crippen molar-refractivity contribution in [3.63, 3.8) is 0 Å². The first-order chi connectivity index (χ1) is 9.40. The molecule has 1 saturated carbocycles. The summed E-state index contributed by atoms with van der Waals surface area (Å²) in [5.41, 5.74) is -0.813. The highest BCUT2D eigenvalue weighted by Crippen LogP contribution is 2.39. The zero-order valence-electron chi connectivity index (χ0n) is 11.5. The average Bonchev–Trinajstić information content (AvgIpc) is 3.10. The van der Waals surface area contributed by atoms with E-state index in [0.717, 1.165) is 22.2 Å². The van der Waals surface area contributed by atoms with E-state index < -0.39 is 5.54 Å². The summed E-state index contributed by atoms with van der Waals surface area (Å²) in [5, 5.41) is 4.85. The summed E-state index contributed by atoms with van der Waals surface area (Å²) in [7, 11) is 0. The second kappa shape index (κ2) is 4.84. The summed E-state index contributed by atoms with van der Waals surface area (Å²) >= 11 is 5.11. The number of carbonyl (C=O) groups is 2. The van der Waals surface area contributed by atoms with Gasteiger partial charge in [0.25, 0.3) is 0 Å². The van der Waals surface area contributed by atoms with Crippen molar-refractivity contribution < 1.29 is 9.59 Å². The third-order valence-electron chi connectivity index (χ3n) is 3.91. The van der Waals surface area contributed by atoms with Gasteiger partial charge < -0.3 is 10.2 Å². The number of thiophene rings is 1. The second-order valence-corrected chi connectivity index (χ2v) is 7.88. The number of piperazine rings is 1. The van der Waals surface area contributed by atoms with E-state index >= 15 is 0 Å². The number of carbonyl (C=O) groups excluding carboxylic acids is 2. The Bertz CT molecular complexity index is 565. The third-order valence-corrected chi connectivity index (χ3v) is 5.82. The van der Waals surface area contributed by atoms with Crippen molar-refractivity contribution in [3.8, 4) is 0 Å². The van der Waals surface area contributed by atoms with E-state index in [1.54, 1.807) is 30.1 Å². The van der Waals surface area contributed by atoms with E-state index in [-0.39, 0.29) is 17.9 Å². The topological polar surface area (TPSA) is 49.4 Å².